The Morgan fingerprint density at radius 3 is 2.35 bits per heavy atom. The minimum Gasteiger partial charge on any atom is -0.481 e. The van der Waals surface area contributed by atoms with Gasteiger partial charge in [0, 0.05) is 12.1 Å². The van der Waals surface area contributed by atoms with E-state index in [4.69, 9.17) is 5.11 Å². The van der Waals surface area contributed by atoms with Crippen molar-refractivity contribution in [2.24, 2.45) is 0 Å². The number of carbonyl (C=O) groups is 2. The lowest BCUT2D eigenvalue weighted by Crippen LogP contribution is -2.25. The molecule has 0 saturated carbocycles. The van der Waals surface area contributed by atoms with Gasteiger partial charge in [-0.15, -0.1) is 0 Å². The molecule has 0 aromatic heterocycles. The smallest absolute Gasteiger partial charge is 0.303 e. The third kappa shape index (κ3) is 6.33. The van der Waals surface area contributed by atoms with Crippen LogP contribution in [0.1, 0.15) is 18.4 Å². The van der Waals surface area contributed by atoms with Gasteiger partial charge in [0.25, 0.3) is 0 Å². The number of amides is 1. The van der Waals surface area contributed by atoms with Gasteiger partial charge in [0.1, 0.15) is 5.75 Å². The van der Waals surface area contributed by atoms with Crippen molar-refractivity contribution in [3.8, 4) is 0 Å². The maximum absolute atomic E-state index is 11.6. The fourth-order valence-corrected chi connectivity index (χ4v) is 2.75. The predicted octanol–water partition coefficient (Wildman–Crippen LogP) is 1.21. The van der Waals surface area contributed by atoms with Crippen molar-refractivity contribution in [2.75, 3.05) is 16.8 Å². The lowest BCUT2D eigenvalue weighted by atomic mass is 10.2. The molecule has 6 nitrogen and oxygen atoms in total. The molecule has 1 rings (SSSR count). The summed E-state index contributed by atoms with van der Waals surface area (Å²) in [5.74, 6) is -2.62. The largest absolute Gasteiger partial charge is 0.481 e. The summed E-state index contributed by atoms with van der Waals surface area (Å²) in [6.07, 6.45) is -0.214. The monoisotopic (exact) mass is 299 g/mol. The van der Waals surface area contributed by atoms with Gasteiger partial charge in [0.2, 0.25) is 5.91 Å². The quantitative estimate of drug-likeness (QED) is 0.788. The first-order valence-electron chi connectivity index (χ1n) is 6.07. The van der Waals surface area contributed by atoms with E-state index in [0.717, 1.165) is 5.56 Å². The molecule has 20 heavy (non-hydrogen) atoms. The van der Waals surface area contributed by atoms with Gasteiger partial charge in [-0.25, -0.2) is 8.42 Å². The average molecular weight is 299 g/mol. The van der Waals surface area contributed by atoms with Gasteiger partial charge in [0.15, 0.2) is 9.84 Å². The number of anilines is 1. The van der Waals surface area contributed by atoms with Crippen molar-refractivity contribution in [3.63, 3.8) is 0 Å². The molecule has 110 valence electrons. The highest BCUT2D eigenvalue weighted by molar-refractivity contribution is 7.92. The highest BCUT2D eigenvalue weighted by atomic mass is 32.2. The Morgan fingerprint density at radius 1 is 1.20 bits per heavy atom. The summed E-state index contributed by atoms with van der Waals surface area (Å²) < 4.78 is 23.2. The molecule has 0 heterocycles. The molecule has 0 saturated heterocycles. The minimum absolute atomic E-state index is 0.00940. The fourth-order valence-electron chi connectivity index (χ4n) is 1.55. The van der Waals surface area contributed by atoms with E-state index in [1.54, 1.807) is 24.3 Å². The summed E-state index contributed by atoms with van der Waals surface area (Å²) >= 11 is 0. The number of aliphatic carboxylic acids is 1. The van der Waals surface area contributed by atoms with Crippen LogP contribution < -0.4 is 5.32 Å². The van der Waals surface area contributed by atoms with E-state index in [1.165, 1.54) is 0 Å². The van der Waals surface area contributed by atoms with Crippen LogP contribution in [-0.4, -0.2) is 36.9 Å². The average Bonchev–Trinajstić information content (AvgIpc) is 2.30. The third-order valence-electron chi connectivity index (χ3n) is 2.53. The fraction of sp³-hybridized carbons (Fsp3) is 0.385. The second-order valence-electron chi connectivity index (χ2n) is 4.50. The van der Waals surface area contributed by atoms with Crippen molar-refractivity contribution < 1.29 is 23.1 Å². The Morgan fingerprint density at radius 2 is 1.80 bits per heavy atom. The summed E-state index contributed by atoms with van der Waals surface area (Å²) in [5, 5.41) is 10.9. The maximum atomic E-state index is 11.6. The summed E-state index contributed by atoms with van der Waals surface area (Å²) in [6, 6.07) is 6.97. The molecule has 7 heteroatoms. The number of carbonyl (C=O) groups excluding carboxylic acids is 1. The van der Waals surface area contributed by atoms with Crippen LogP contribution in [0.3, 0.4) is 0 Å². The Balaban J connectivity index is 2.48. The van der Waals surface area contributed by atoms with E-state index < -0.39 is 27.5 Å². The summed E-state index contributed by atoms with van der Waals surface area (Å²) in [5.41, 5.74) is 1.56. The molecule has 1 aromatic carbocycles. The number of carboxylic acid groups (broad SMARTS) is 1. The zero-order chi connectivity index (χ0) is 15.2. The number of benzene rings is 1. The van der Waals surface area contributed by atoms with Crippen molar-refractivity contribution in [1.82, 2.24) is 0 Å². The molecule has 0 radical (unpaired) electrons. The van der Waals surface area contributed by atoms with Crippen molar-refractivity contribution >= 4 is 27.4 Å². The summed E-state index contributed by atoms with van der Waals surface area (Å²) in [6.45, 7) is 1.90. The van der Waals surface area contributed by atoms with Gasteiger partial charge in [-0.1, -0.05) is 17.7 Å². The van der Waals surface area contributed by atoms with Crippen LogP contribution >= 0.6 is 0 Å². The highest BCUT2D eigenvalue weighted by Crippen LogP contribution is 2.09. The standard InChI is InChI=1S/C13H17NO5S/c1-10-4-6-11(7-5-10)14-12(15)9-20(18,19)8-2-3-13(16)17/h4-7H,2-3,8-9H2,1H3,(H,14,15)(H,16,17). The molecule has 0 unspecified atom stereocenters. The van der Waals surface area contributed by atoms with Crippen LogP contribution in [-0.2, 0) is 19.4 Å². The van der Waals surface area contributed by atoms with Crippen LogP contribution in [0.2, 0.25) is 0 Å². The van der Waals surface area contributed by atoms with Gasteiger partial charge >= 0.3 is 5.97 Å². The molecule has 0 bridgehead atoms. The first-order valence-corrected chi connectivity index (χ1v) is 7.89. The molecule has 1 aromatic rings. The first kappa shape index (κ1) is 16.2. The van der Waals surface area contributed by atoms with Crippen LogP contribution in [0.4, 0.5) is 5.69 Å². The summed E-state index contributed by atoms with van der Waals surface area (Å²) in [7, 11) is -3.58. The Hall–Kier alpha value is -1.89. The number of rotatable bonds is 7. The lowest BCUT2D eigenvalue weighted by Gasteiger charge is -2.06. The van der Waals surface area contributed by atoms with Crippen LogP contribution in [0.5, 0.6) is 0 Å². The van der Waals surface area contributed by atoms with E-state index in [0.29, 0.717) is 5.69 Å². The van der Waals surface area contributed by atoms with Gasteiger partial charge in [-0.2, -0.15) is 0 Å². The molecule has 2 N–H and O–H groups in total. The van der Waals surface area contributed by atoms with Crippen LogP contribution in [0.15, 0.2) is 24.3 Å². The van der Waals surface area contributed by atoms with E-state index in [1.807, 2.05) is 6.92 Å². The number of hydrogen-bond donors (Lipinski definition) is 2. The number of hydrogen-bond acceptors (Lipinski definition) is 4. The first-order chi connectivity index (χ1) is 9.28. The van der Waals surface area contributed by atoms with Crippen molar-refractivity contribution in [3.05, 3.63) is 29.8 Å². The van der Waals surface area contributed by atoms with E-state index in [-0.39, 0.29) is 18.6 Å². The lowest BCUT2D eigenvalue weighted by molar-refractivity contribution is -0.137. The van der Waals surface area contributed by atoms with Crippen LogP contribution in [0.25, 0.3) is 0 Å². The van der Waals surface area contributed by atoms with Crippen LogP contribution in [0, 0.1) is 6.92 Å². The second-order valence-corrected chi connectivity index (χ2v) is 6.69. The highest BCUT2D eigenvalue weighted by Gasteiger charge is 2.17. The SMILES string of the molecule is Cc1ccc(NC(=O)CS(=O)(=O)CCCC(=O)O)cc1. The Kier molecular flexibility index (Phi) is 5.69. The third-order valence-corrected chi connectivity index (χ3v) is 4.15. The van der Waals surface area contributed by atoms with E-state index in [2.05, 4.69) is 5.32 Å². The molecule has 0 fully saturated rings. The van der Waals surface area contributed by atoms with Gasteiger partial charge < -0.3 is 10.4 Å². The topological polar surface area (TPSA) is 101 Å². The number of sulfone groups is 1. The molecule has 0 aliphatic rings. The predicted molar refractivity (Wildman–Crippen MR) is 75.3 cm³/mol. The normalized spacial score (nSPS) is 11.1. The van der Waals surface area contributed by atoms with Crippen molar-refractivity contribution in [1.29, 1.82) is 0 Å². The second kappa shape index (κ2) is 7.04. The minimum atomic E-state index is -3.58. The molecular formula is C13H17NO5S. The van der Waals surface area contributed by atoms with Gasteiger partial charge in [0.05, 0.1) is 5.75 Å². The maximum Gasteiger partial charge on any atom is 0.303 e. The Labute approximate surface area is 117 Å². The zero-order valence-corrected chi connectivity index (χ0v) is 11.9. The van der Waals surface area contributed by atoms with Gasteiger partial charge in [-0.05, 0) is 25.5 Å². The molecule has 0 atom stereocenters. The van der Waals surface area contributed by atoms with Crippen molar-refractivity contribution in [2.45, 2.75) is 19.8 Å². The zero-order valence-electron chi connectivity index (χ0n) is 11.1. The molecule has 0 spiro atoms. The van der Waals surface area contributed by atoms with E-state index in [9.17, 15) is 18.0 Å². The molecule has 1 amide bonds. The number of carboxylic acids is 1. The number of nitrogens with one attached hydrogen (secondary N) is 1. The molecular weight excluding hydrogens is 282 g/mol. The van der Waals surface area contributed by atoms with Gasteiger partial charge in [-0.3, -0.25) is 9.59 Å². The van der Waals surface area contributed by atoms with E-state index >= 15 is 0 Å². The Bertz CT molecular complexity index is 577. The molecule has 0 aliphatic carbocycles. The summed E-state index contributed by atoms with van der Waals surface area (Å²) in [4.78, 5) is 21.9. The molecule has 0 aliphatic heterocycles. The number of aryl methyl sites for hydroxylation is 1.